The normalized spacial score (nSPS) is 10.6. The first-order valence-electron chi connectivity index (χ1n) is 10.3. The van der Waals surface area contributed by atoms with Crippen molar-refractivity contribution in [3.8, 4) is 23.9 Å². The third-order valence-corrected chi connectivity index (χ3v) is 7.60. The van der Waals surface area contributed by atoms with E-state index in [1.807, 2.05) is 24.3 Å². The number of fused-ring (bicyclic) bond motifs is 3. The van der Waals surface area contributed by atoms with Gasteiger partial charge in [0.15, 0.2) is 0 Å². The van der Waals surface area contributed by atoms with Crippen molar-refractivity contribution in [2.24, 2.45) is 0 Å². The van der Waals surface area contributed by atoms with Crippen molar-refractivity contribution < 1.29 is 0 Å². The fraction of sp³-hybridized carbons (Fsp3) is 0.240. The van der Waals surface area contributed by atoms with Crippen LogP contribution < -0.4 is 0 Å². The van der Waals surface area contributed by atoms with Crippen LogP contribution in [0.15, 0.2) is 47.4 Å². The van der Waals surface area contributed by atoms with Gasteiger partial charge in [-0.1, -0.05) is 38.3 Å². The van der Waals surface area contributed by atoms with E-state index >= 15 is 0 Å². The van der Waals surface area contributed by atoms with Crippen molar-refractivity contribution in [3.05, 3.63) is 57.8 Å². The summed E-state index contributed by atoms with van der Waals surface area (Å²) in [6, 6.07) is 18.5. The van der Waals surface area contributed by atoms with Crippen LogP contribution in [0.4, 0.5) is 0 Å². The highest BCUT2D eigenvalue weighted by atomic mass is 32.1. The predicted molar refractivity (Wildman–Crippen MR) is 128 cm³/mol. The number of nitrogens with zero attached hydrogens (tertiary/aromatic N) is 4. The van der Waals surface area contributed by atoms with Crippen LogP contribution in [-0.2, 0) is 6.42 Å². The molecule has 0 amide bonds. The molecule has 4 nitrogen and oxygen atoms in total. The van der Waals surface area contributed by atoms with Gasteiger partial charge in [-0.25, -0.2) is 0 Å². The van der Waals surface area contributed by atoms with E-state index < -0.39 is 0 Å². The molecule has 0 N–H and O–H groups in total. The molecule has 6 heteroatoms. The van der Waals surface area contributed by atoms with Crippen molar-refractivity contribution in [2.45, 2.75) is 39.0 Å². The Bertz CT molecular complexity index is 1380. The average Bonchev–Trinajstić information content (AvgIpc) is 3.48. The molecular formula is C25H20N4S2. The van der Waals surface area contributed by atoms with E-state index in [1.165, 1.54) is 42.6 Å². The quantitative estimate of drug-likeness (QED) is 0.222. The van der Waals surface area contributed by atoms with Crippen LogP contribution in [-0.4, -0.2) is 4.57 Å². The van der Waals surface area contributed by atoms with Gasteiger partial charge in [0.2, 0.25) is 0 Å². The molecule has 0 bridgehead atoms. The minimum Gasteiger partial charge on any atom is -0.307 e. The molecule has 152 valence electrons. The van der Waals surface area contributed by atoms with E-state index in [4.69, 9.17) is 0 Å². The Morgan fingerprint density at radius 3 is 2.35 bits per heavy atom. The molecule has 0 saturated carbocycles. The molecule has 0 atom stereocenters. The van der Waals surface area contributed by atoms with E-state index in [0.29, 0.717) is 4.88 Å². The Hall–Kier alpha value is -3.37. The first kappa shape index (κ1) is 20.9. The molecule has 0 unspecified atom stereocenters. The van der Waals surface area contributed by atoms with Crippen LogP contribution in [0.1, 0.15) is 43.0 Å². The lowest BCUT2D eigenvalue weighted by Crippen LogP contribution is -1.94. The van der Waals surface area contributed by atoms with Crippen LogP contribution in [0, 0.1) is 34.0 Å². The highest BCUT2D eigenvalue weighted by Gasteiger charge is 2.19. The largest absolute Gasteiger partial charge is 0.307 e. The van der Waals surface area contributed by atoms with Crippen molar-refractivity contribution >= 4 is 48.7 Å². The topological polar surface area (TPSA) is 76.3 Å². The zero-order valence-electron chi connectivity index (χ0n) is 17.2. The third-order valence-electron chi connectivity index (χ3n) is 5.39. The summed E-state index contributed by atoms with van der Waals surface area (Å²) in [5, 5.41) is 30.1. The summed E-state index contributed by atoms with van der Waals surface area (Å²) in [7, 11) is 0. The number of hydrogen-bond acceptors (Lipinski definition) is 5. The van der Waals surface area contributed by atoms with Gasteiger partial charge < -0.3 is 4.57 Å². The molecule has 0 spiro atoms. The van der Waals surface area contributed by atoms with Gasteiger partial charge in [0.1, 0.15) is 23.8 Å². The van der Waals surface area contributed by atoms with E-state index in [0.717, 1.165) is 32.5 Å². The maximum absolute atomic E-state index is 9.56. The Morgan fingerprint density at radius 1 is 0.903 bits per heavy atom. The minimum absolute atomic E-state index is 0.143. The summed E-state index contributed by atoms with van der Waals surface area (Å²) >= 11 is 3.13. The zero-order valence-corrected chi connectivity index (χ0v) is 18.8. The fourth-order valence-electron chi connectivity index (χ4n) is 3.83. The molecule has 0 aliphatic rings. The number of aromatic nitrogens is 1. The summed E-state index contributed by atoms with van der Waals surface area (Å²) in [4.78, 5) is 0.655. The van der Waals surface area contributed by atoms with E-state index in [1.54, 1.807) is 11.3 Å². The van der Waals surface area contributed by atoms with Crippen LogP contribution >= 0.6 is 22.7 Å². The number of benzene rings is 1. The Labute approximate surface area is 189 Å². The van der Waals surface area contributed by atoms with E-state index in [2.05, 4.69) is 47.2 Å². The maximum Gasteiger partial charge on any atom is 0.148 e. The van der Waals surface area contributed by atoms with Gasteiger partial charge in [-0.3, -0.25) is 0 Å². The lowest BCUT2D eigenvalue weighted by Gasteiger charge is -2.08. The first-order chi connectivity index (χ1) is 15.2. The van der Waals surface area contributed by atoms with Crippen LogP contribution in [0.2, 0.25) is 0 Å². The number of allylic oxidation sites excluding steroid dienone is 2. The molecule has 0 radical (unpaired) electrons. The number of unbranched alkanes of at least 4 members (excludes halogenated alkanes) is 3. The van der Waals surface area contributed by atoms with Gasteiger partial charge in [0.05, 0.1) is 26.0 Å². The molecule has 31 heavy (non-hydrogen) atoms. The van der Waals surface area contributed by atoms with Crippen LogP contribution in [0.3, 0.4) is 0 Å². The second-order valence-electron chi connectivity index (χ2n) is 7.36. The number of nitriles is 3. The van der Waals surface area contributed by atoms with Gasteiger partial charge in [0, 0.05) is 10.6 Å². The Balaban J connectivity index is 1.78. The zero-order chi connectivity index (χ0) is 21.8. The summed E-state index contributed by atoms with van der Waals surface area (Å²) in [5.41, 5.74) is 4.55. The van der Waals surface area contributed by atoms with Gasteiger partial charge >= 0.3 is 0 Å². The molecule has 0 fully saturated rings. The lowest BCUT2D eigenvalue weighted by molar-refractivity contribution is 0.667. The third kappa shape index (κ3) is 3.87. The molecule has 0 aliphatic carbocycles. The fourth-order valence-corrected chi connectivity index (χ4v) is 6.01. The Morgan fingerprint density at radius 2 is 1.68 bits per heavy atom. The summed E-state index contributed by atoms with van der Waals surface area (Å²) in [6.07, 6.45) is 6.11. The standard InChI is InChI=1S/C25H20N4S2/c1-2-3-4-5-6-17-7-9-19(10-8-17)29-21-11-12-30-24(21)25-22(29)13-23(31-25)20(16-28)18(14-26)15-27/h7-13H,2-6H2,1H3. The van der Waals surface area contributed by atoms with Crippen molar-refractivity contribution in [3.63, 3.8) is 0 Å². The summed E-state index contributed by atoms with van der Waals surface area (Å²) in [6.45, 7) is 2.23. The van der Waals surface area contributed by atoms with E-state index in [9.17, 15) is 15.8 Å². The van der Waals surface area contributed by atoms with E-state index in [-0.39, 0.29) is 11.1 Å². The molecule has 3 aromatic heterocycles. The SMILES string of the molecule is CCCCCCc1ccc(-n2c3ccsc3c3sc(C(C#N)=C(C#N)C#N)cc32)cc1. The first-order valence-corrected chi connectivity index (χ1v) is 12.0. The molecular weight excluding hydrogens is 420 g/mol. The van der Waals surface area contributed by atoms with Gasteiger partial charge in [-0.2, -0.15) is 15.8 Å². The monoisotopic (exact) mass is 440 g/mol. The summed E-state index contributed by atoms with van der Waals surface area (Å²) in [5.74, 6) is 0. The summed E-state index contributed by atoms with van der Waals surface area (Å²) < 4.78 is 4.43. The van der Waals surface area contributed by atoms with Crippen molar-refractivity contribution in [2.75, 3.05) is 0 Å². The predicted octanol–water partition coefficient (Wildman–Crippen LogP) is 7.35. The molecule has 0 aliphatic heterocycles. The average molecular weight is 441 g/mol. The Kier molecular flexibility index (Phi) is 6.19. The number of hydrogen-bond donors (Lipinski definition) is 0. The number of aryl methyl sites for hydroxylation is 1. The highest BCUT2D eigenvalue weighted by Crippen LogP contribution is 2.42. The van der Waals surface area contributed by atoms with Gasteiger partial charge in [-0.05, 0) is 48.1 Å². The number of rotatable bonds is 7. The lowest BCUT2D eigenvalue weighted by atomic mass is 10.1. The van der Waals surface area contributed by atoms with Gasteiger partial charge in [0.25, 0.3) is 0 Å². The van der Waals surface area contributed by atoms with Gasteiger partial charge in [-0.15, -0.1) is 22.7 Å². The van der Waals surface area contributed by atoms with Crippen molar-refractivity contribution in [1.82, 2.24) is 4.57 Å². The molecule has 3 heterocycles. The number of thiophene rings is 2. The minimum atomic E-state index is -0.146. The smallest absolute Gasteiger partial charge is 0.148 e. The maximum atomic E-state index is 9.56. The second-order valence-corrected chi connectivity index (χ2v) is 9.33. The second kappa shape index (κ2) is 9.19. The molecule has 4 rings (SSSR count). The van der Waals surface area contributed by atoms with Crippen LogP contribution in [0.5, 0.6) is 0 Å². The molecule has 4 aromatic rings. The molecule has 0 saturated heterocycles. The molecule has 1 aromatic carbocycles. The highest BCUT2D eigenvalue weighted by molar-refractivity contribution is 7.27. The van der Waals surface area contributed by atoms with Crippen LogP contribution in [0.25, 0.3) is 31.7 Å². The van der Waals surface area contributed by atoms with Crippen molar-refractivity contribution in [1.29, 1.82) is 15.8 Å².